The van der Waals surface area contributed by atoms with E-state index in [4.69, 9.17) is 10.4 Å². The monoisotopic (exact) mass is 275 g/mol. The van der Waals surface area contributed by atoms with Gasteiger partial charge in [-0.15, -0.1) is 0 Å². The predicted molar refractivity (Wildman–Crippen MR) is 77.3 cm³/mol. The fourth-order valence-electron chi connectivity index (χ4n) is 2.19. The zero-order valence-corrected chi connectivity index (χ0v) is 11.8. The summed E-state index contributed by atoms with van der Waals surface area (Å²) in [4.78, 5) is 14.5. The lowest BCUT2D eigenvalue weighted by molar-refractivity contribution is -0.137. The molecule has 0 aliphatic heterocycles. The highest BCUT2D eigenvalue weighted by molar-refractivity contribution is 5.66. The van der Waals surface area contributed by atoms with Crippen LogP contribution in [0.3, 0.4) is 0 Å². The van der Waals surface area contributed by atoms with Gasteiger partial charge in [0.25, 0.3) is 0 Å². The number of hydrogen-bond acceptors (Lipinski definition) is 4. The molecular weight excluding hydrogens is 254 g/mol. The molecule has 1 unspecified atom stereocenters. The van der Waals surface area contributed by atoms with E-state index < -0.39 is 5.97 Å². The molecule has 1 heterocycles. The number of carboxylic acid groups (broad SMARTS) is 1. The minimum absolute atomic E-state index is 0.235. The first kappa shape index (κ1) is 16.0. The third kappa shape index (κ3) is 6.19. The summed E-state index contributed by atoms with van der Waals surface area (Å²) < 4.78 is 0. The molecule has 1 atom stereocenters. The molecule has 1 rings (SSSR count). The van der Waals surface area contributed by atoms with Crippen molar-refractivity contribution in [3.05, 3.63) is 24.0 Å². The molecule has 0 aromatic carbocycles. The SMILES string of the molecule is CCCC(CCNc1ccnc(C#N)c1)CCC(=O)O. The number of aromatic nitrogens is 1. The van der Waals surface area contributed by atoms with Crippen molar-refractivity contribution in [1.82, 2.24) is 4.98 Å². The van der Waals surface area contributed by atoms with Gasteiger partial charge >= 0.3 is 5.97 Å². The summed E-state index contributed by atoms with van der Waals surface area (Å²) >= 11 is 0. The number of pyridine rings is 1. The Hall–Kier alpha value is -2.09. The van der Waals surface area contributed by atoms with E-state index in [1.54, 1.807) is 12.3 Å². The van der Waals surface area contributed by atoms with E-state index in [-0.39, 0.29) is 6.42 Å². The minimum Gasteiger partial charge on any atom is -0.481 e. The van der Waals surface area contributed by atoms with Crippen molar-refractivity contribution in [3.63, 3.8) is 0 Å². The quantitative estimate of drug-likeness (QED) is 0.723. The Morgan fingerprint density at radius 3 is 2.95 bits per heavy atom. The van der Waals surface area contributed by atoms with Crippen LogP contribution in [0.15, 0.2) is 18.3 Å². The van der Waals surface area contributed by atoms with Crippen LogP contribution in [0.4, 0.5) is 5.69 Å². The molecule has 0 saturated heterocycles. The number of carboxylic acids is 1. The molecule has 5 heteroatoms. The molecule has 0 amide bonds. The molecule has 0 spiro atoms. The van der Waals surface area contributed by atoms with Crippen LogP contribution in [0.2, 0.25) is 0 Å². The van der Waals surface area contributed by atoms with E-state index in [2.05, 4.69) is 17.2 Å². The number of hydrogen-bond donors (Lipinski definition) is 2. The molecule has 0 fully saturated rings. The Labute approximate surface area is 119 Å². The van der Waals surface area contributed by atoms with E-state index in [1.807, 2.05) is 12.1 Å². The van der Waals surface area contributed by atoms with Crippen molar-refractivity contribution in [2.45, 2.75) is 39.0 Å². The van der Waals surface area contributed by atoms with Crippen LogP contribution in [-0.2, 0) is 4.79 Å². The summed E-state index contributed by atoms with van der Waals surface area (Å²) in [6, 6.07) is 5.54. The number of carbonyl (C=O) groups is 1. The fraction of sp³-hybridized carbons (Fsp3) is 0.533. The Kier molecular flexibility index (Phi) is 7.12. The number of rotatable bonds is 9. The molecule has 20 heavy (non-hydrogen) atoms. The lowest BCUT2D eigenvalue weighted by Gasteiger charge is -2.15. The summed E-state index contributed by atoms with van der Waals surface area (Å²) in [6.45, 7) is 2.89. The zero-order valence-electron chi connectivity index (χ0n) is 11.8. The number of nitrogens with zero attached hydrogens (tertiary/aromatic N) is 2. The maximum absolute atomic E-state index is 10.6. The average Bonchev–Trinajstić information content (AvgIpc) is 2.45. The van der Waals surface area contributed by atoms with Gasteiger partial charge in [-0.2, -0.15) is 5.26 Å². The molecule has 1 aromatic heterocycles. The maximum atomic E-state index is 10.6. The standard InChI is InChI=1S/C15H21N3O2/c1-2-3-12(4-5-15(19)20)6-8-17-13-7-9-18-14(10-13)11-16/h7,9-10,12H,2-6,8H2,1H3,(H,17,18)(H,19,20). The highest BCUT2D eigenvalue weighted by atomic mass is 16.4. The Bertz CT molecular complexity index is 468. The van der Waals surface area contributed by atoms with E-state index in [0.29, 0.717) is 11.6 Å². The van der Waals surface area contributed by atoms with Gasteiger partial charge in [0.1, 0.15) is 11.8 Å². The minimum atomic E-state index is -0.730. The Morgan fingerprint density at radius 1 is 1.50 bits per heavy atom. The average molecular weight is 275 g/mol. The van der Waals surface area contributed by atoms with E-state index in [9.17, 15) is 4.79 Å². The Morgan fingerprint density at radius 2 is 2.30 bits per heavy atom. The first-order valence-corrected chi connectivity index (χ1v) is 6.97. The summed E-state index contributed by atoms with van der Waals surface area (Å²) in [5, 5.41) is 20.8. The van der Waals surface area contributed by atoms with Gasteiger partial charge in [0.2, 0.25) is 0 Å². The summed E-state index contributed by atoms with van der Waals surface area (Å²) in [6.07, 6.45) is 5.62. The first-order chi connectivity index (χ1) is 9.65. The number of nitriles is 1. The second kappa shape index (κ2) is 8.92. The van der Waals surface area contributed by atoms with Crippen LogP contribution in [0.25, 0.3) is 0 Å². The number of nitrogens with one attached hydrogen (secondary N) is 1. The topological polar surface area (TPSA) is 86.0 Å². The molecule has 0 saturated carbocycles. The molecule has 0 aliphatic carbocycles. The van der Waals surface area contributed by atoms with Gasteiger partial charge in [0, 0.05) is 24.8 Å². The molecule has 1 aromatic rings. The third-order valence-electron chi connectivity index (χ3n) is 3.22. The van der Waals surface area contributed by atoms with Crippen LogP contribution < -0.4 is 5.32 Å². The molecule has 0 radical (unpaired) electrons. The van der Waals surface area contributed by atoms with Crippen molar-refractivity contribution in [3.8, 4) is 6.07 Å². The third-order valence-corrected chi connectivity index (χ3v) is 3.22. The zero-order chi connectivity index (χ0) is 14.8. The first-order valence-electron chi connectivity index (χ1n) is 6.97. The van der Waals surface area contributed by atoms with Gasteiger partial charge in [-0.1, -0.05) is 19.8 Å². The maximum Gasteiger partial charge on any atom is 0.303 e. The van der Waals surface area contributed by atoms with Crippen molar-refractivity contribution < 1.29 is 9.90 Å². The largest absolute Gasteiger partial charge is 0.481 e. The van der Waals surface area contributed by atoms with Crippen molar-refractivity contribution >= 4 is 11.7 Å². The van der Waals surface area contributed by atoms with E-state index >= 15 is 0 Å². The fourth-order valence-corrected chi connectivity index (χ4v) is 2.19. The highest BCUT2D eigenvalue weighted by Crippen LogP contribution is 2.18. The van der Waals surface area contributed by atoms with Gasteiger partial charge in [0.15, 0.2) is 0 Å². The molecule has 2 N–H and O–H groups in total. The van der Waals surface area contributed by atoms with E-state index in [1.165, 1.54) is 0 Å². The normalized spacial score (nSPS) is 11.6. The molecule has 0 aliphatic rings. The lowest BCUT2D eigenvalue weighted by Crippen LogP contribution is -2.11. The van der Waals surface area contributed by atoms with Gasteiger partial charge in [-0.25, -0.2) is 4.98 Å². The van der Waals surface area contributed by atoms with Crippen LogP contribution in [0.1, 0.15) is 44.7 Å². The molecule has 108 valence electrons. The summed E-state index contributed by atoms with van der Waals surface area (Å²) in [5.41, 5.74) is 1.27. The van der Waals surface area contributed by atoms with Crippen LogP contribution >= 0.6 is 0 Å². The predicted octanol–water partition coefficient (Wildman–Crippen LogP) is 3.04. The lowest BCUT2D eigenvalue weighted by atomic mass is 9.94. The molecule has 5 nitrogen and oxygen atoms in total. The Balaban J connectivity index is 2.39. The summed E-state index contributed by atoms with van der Waals surface area (Å²) in [7, 11) is 0. The van der Waals surface area contributed by atoms with Gasteiger partial charge < -0.3 is 10.4 Å². The van der Waals surface area contributed by atoms with Crippen molar-refractivity contribution in [1.29, 1.82) is 5.26 Å². The van der Waals surface area contributed by atoms with Gasteiger partial charge in [0.05, 0.1) is 0 Å². The number of aliphatic carboxylic acids is 1. The van der Waals surface area contributed by atoms with E-state index in [0.717, 1.165) is 37.9 Å². The van der Waals surface area contributed by atoms with Gasteiger partial charge in [-0.3, -0.25) is 4.79 Å². The summed E-state index contributed by atoms with van der Waals surface area (Å²) in [5.74, 6) is -0.298. The second-order valence-corrected chi connectivity index (χ2v) is 4.84. The van der Waals surface area contributed by atoms with Crippen LogP contribution in [-0.4, -0.2) is 22.6 Å². The highest BCUT2D eigenvalue weighted by Gasteiger charge is 2.10. The second-order valence-electron chi connectivity index (χ2n) is 4.84. The number of anilines is 1. The van der Waals surface area contributed by atoms with Crippen molar-refractivity contribution in [2.24, 2.45) is 5.92 Å². The van der Waals surface area contributed by atoms with Crippen molar-refractivity contribution in [2.75, 3.05) is 11.9 Å². The van der Waals surface area contributed by atoms with Gasteiger partial charge in [-0.05, 0) is 30.9 Å². The van der Waals surface area contributed by atoms with Crippen LogP contribution in [0.5, 0.6) is 0 Å². The van der Waals surface area contributed by atoms with Crippen LogP contribution in [0, 0.1) is 17.2 Å². The molecular formula is C15H21N3O2. The molecule has 0 bridgehead atoms. The smallest absolute Gasteiger partial charge is 0.303 e.